The van der Waals surface area contributed by atoms with Gasteiger partial charge in [0.1, 0.15) is 5.75 Å². The molecule has 1 amide bonds. The SMILES string of the molecule is COc1ccc(CCNC(=O)CN2CCc3cc(OC)c(OC)cc3C2c2ccccc2)cc1. The predicted octanol–water partition coefficient (Wildman–Crippen LogP) is 4.02. The van der Waals surface area contributed by atoms with E-state index in [-0.39, 0.29) is 11.9 Å². The summed E-state index contributed by atoms with van der Waals surface area (Å²) in [5, 5.41) is 3.09. The fraction of sp³-hybridized carbons (Fsp3) is 0.321. The summed E-state index contributed by atoms with van der Waals surface area (Å²) in [6.07, 6.45) is 1.62. The number of hydrogen-bond donors (Lipinski definition) is 1. The van der Waals surface area contributed by atoms with Crippen LogP contribution in [0.3, 0.4) is 0 Å². The molecule has 0 bridgehead atoms. The molecule has 6 heteroatoms. The zero-order valence-electron chi connectivity index (χ0n) is 20.0. The van der Waals surface area contributed by atoms with Crippen LogP contribution in [0, 0.1) is 0 Å². The third-order valence-electron chi connectivity index (χ3n) is 6.33. The minimum Gasteiger partial charge on any atom is -0.497 e. The first-order valence-electron chi connectivity index (χ1n) is 11.6. The van der Waals surface area contributed by atoms with E-state index >= 15 is 0 Å². The standard InChI is InChI=1S/C28H32N2O4/c1-32-23-11-9-20(10-12-23)13-15-29-27(31)19-30-16-14-22-17-25(33-2)26(34-3)18-24(22)28(30)21-7-5-4-6-8-21/h4-12,17-18,28H,13-16,19H2,1-3H3,(H,29,31). The summed E-state index contributed by atoms with van der Waals surface area (Å²) in [6, 6.07) is 22.3. The maximum absolute atomic E-state index is 12.9. The molecule has 0 fully saturated rings. The molecule has 1 atom stereocenters. The lowest BCUT2D eigenvalue weighted by Crippen LogP contribution is -2.43. The summed E-state index contributed by atoms with van der Waals surface area (Å²) in [5.74, 6) is 2.29. The Balaban J connectivity index is 1.48. The van der Waals surface area contributed by atoms with Crippen molar-refractivity contribution in [3.63, 3.8) is 0 Å². The Hall–Kier alpha value is -3.51. The van der Waals surface area contributed by atoms with Crippen LogP contribution in [0.1, 0.15) is 28.3 Å². The van der Waals surface area contributed by atoms with Crippen molar-refractivity contribution >= 4 is 5.91 Å². The van der Waals surface area contributed by atoms with Gasteiger partial charge in [-0.1, -0.05) is 42.5 Å². The van der Waals surface area contributed by atoms with Crippen molar-refractivity contribution in [2.24, 2.45) is 0 Å². The lowest BCUT2D eigenvalue weighted by molar-refractivity contribution is -0.122. The van der Waals surface area contributed by atoms with Crippen LogP contribution in [0.2, 0.25) is 0 Å². The van der Waals surface area contributed by atoms with Crippen LogP contribution in [-0.2, 0) is 17.6 Å². The molecule has 3 aromatic rings. The highest BCUT2D eigenvalue weighted by Crippen LogP contribution is 2.40. The van der Waals surface area contributed by atoms with Crippen LogP contribution in [0.25, 0.3) is 0 Å². The Labute approximate surface area is 201 Å². The maximum Gasteiger partial charge on any atom is 0.234 e. The van der Waals surface area contributed by atoms with Gasteiger partial charge >= 0.3 is 0 Å². The van der Waals surface area contributed by atoms with Gasteiger partial charge in [0.25, 0.3) is 0 Å². The van der Waals surface area contributed by atoms with Gasteiger partial charge in [0.05, 0.1) is 33.9 Å². The van der Waals surface area contributed by atoms with E-state index in [9.17, 15) is 4.79 Å². The number of carbonyl (C=O) groups excluding carboxylic acids is 1. The third kappa shape index (κ3) is 5.34. The topological polar surface area (TPSA) is 60.0 Å². The van der Waals surface area contributed by atoms with E-state index in [1.165, 1.54) is 5.56 Å². The molecule has 0 aliphatic carbocycles. The third-order valence-corrected chi connectivity index (χ3v) is 6.33. The smallest absolute Gasteiger partial charge is 0.234 e. The van der Waals surface area contributed by atoms with E-state index in [0.29, 0.717) is 18.8 Å². The van der Waals surface area contributed by atoms with E-state index in [1.807, 2.05) is 42.5 Å². The monoisotopic (exact) mass is 460 g/mol. The first kappa shape index (κ1) is 23.6. The number of carbonyl (C=O) groups is 1. The molecule has 0 spiro atoms. The highest BCUT2D eigenvalue weighted by atomic mass is 16.5. The molecule has 1 N–H and O–H groups in total. The van der Waals surface area contributed by atoms with Crippen molar-refractivity contribution in [3.8, 4) is 17.2 Å². The summed E-state index contributed by atoms with van der Waals surface area (Å²) in [6.45, 7) is 1.71. The van der Waals surface area contributed by atoms with Crippen LogP contribution < -0.4 is 19.5 Å². The Morgan fingerprint density at radius 2 is 1.65 bits per heavy atom. The Bertz CT molecular complexity index is 1100. The largest absolute Gasteiger partial charge is 0.497 e. The average Bonchev–Trinajstić information content (AvgIpc) is 2.88. The van der Waals surface area contributed by atoms with Gasteiger partial charge in [-0.15, -0.1) is 0 Å². The van der Waals surface area contributed by atoms with Crippen LogP contribution in [0.5, 0.6) is 17.2 Å². The van der Waals surface area contributed by atoms with Crippen molar-refractivity contribution in [2.75, 3.05) is 41.0 Å². The number of ether oxygens (including phenoxy) is 3. The molecule has 0 saturated carbocycles. The summed E-state index contributed by atoms with van der Waals surface area (Å²) in [4.78, 5) is 15.1. The van der Waals surface area contributed by atoms with Crippen LogP contribution >= 0.6 is 0 Å². The number of hydrogen-bond acceptors (Lipinski definition) is 5. The molecule has 3 aromatic carbocycles. The zero-order chi connectivity index (χ0) is 23.9. The molecule has 1 heterocycles. The van der Waals surface area contributed by atoms with Gasteiger partial charge in [0.2, 0.25) is 5.91 Å². The van der Waals surface area contributed by atoms with E-state index in [4.69, 9.17) is 14.2 Å². The molecular weight excluding hydrogens is 428 g/mol. The average molecular weight is 461 g/mol. The Morgan fingerprint density at radius 3 is 2.32 bits per heavy atom. The number of benzene rings is 3. The number of nitrogens with zero attached hydrogens (tertiary/aromatic N) is 1. The molecule has 0 radical (unpaired) electrons. The zero-order valence-corrected chi connectivity index (χ0v) is 20.0. The van der Waals surface area contributed by atoms with Gasteiger partial charge < -0.3 is 19.5 Å². The molecule has 34 heavy (non-hydrogen) atoms. The second kappa shape index (κ2) is 11.1. The molecule has 178 valence electrons. The molecule has 1 unspecified atom stereocenters. The van der Waals surface area contributed by atoms with Crippen molar-refractivity contribution < 1.29 is 19.0 Å². The summed E-state index contributed by atoms with van der Waals surface area (Å²) in [7, 11) is 4.96. The van der Waals surface area contributed by atoms with Gasteiger partial charge in [0.15, 0.2) is 11.5 Å². The van der Waals surface area contributed by atoms with E-state index < -0.39 is 0 Å². The lowest BCUT2D eigenvalue weighted by atomic mass is 9.87. The van der Waals surface area contributed by atoms with Crippen LogP contribution in [0.4, 0.5) is 0 Å². The van der Waals surface area contributed by atoms with Gasteiger partial charge in [-0.25, -0.2) is 0 Å². The van der Waals surface area contributed by atoms with E-state index in [0.717, 1.165) is 47.6 Å². The van der Waals surface area contributed by atoms with Gasteiger partial charge in [-0.3, -0.25) is 9.69 Å². The minimum absolute atomic E-state index is 0.0263. The summed E-state index contributed by atoms with van der Waals surface area (Å²) >= 11 is 0. The van der Waals surface area contributed by atoms with Crippen LogP contribution in [0.15, 0.2) is 66.7 Å². The number of fused-ring (bicyclic) bond motifs is 1. The summed E-state index contributed by atoms with van der Waals surface area (Å²) < 4.78 is 16.3. The highest BCUT2D eigenvalue weighted by molar-refractivity contribution is 5.78. The second-order valence-electron chi connectivity index (χ2n) is 8.39. The first-order chi connectivity index (χ1) is 16.6. The number of nitrogens with one attached hydrogen (secondary N) is 1. The first-order valence-corrected chi connectivity index (χ1v) is 11.6. The molecular formula is C28H32N2O4. The molecule has 0 aromatic heterocycles. The minimum atomic E-state index is -0.0305. The molecule has 6 nitrogen and oxygen atoms in total. The van der Waals surface area contributed by atoms with Crippen molar-refractivity contribution in [1.29, 1.82) is 0 Å². The lowest BCUT2D eigenvalue weighted by Gasteiger charge is -2.37. The number of methoxy groups -OCH3 is 3. The molecule has 4 rings (SSSR count). The quantitative estimate of drug-likeness (QED) is 0.523. The Kier molecular flexibility index (Phi) is 7.70. The maximum atomic E-state index is 12.9. The van der Waals surface area contributed by atoms with Crippen molar-refractivity contribution in [1.82, 2.24) is 10.2 Å². The summed E-state index contributed by atoms with van der Waals surface area (Å²) in [5.41, 5.74) is 4.70. The van der Waals surface area contributed by atoms with Crippen molar-refractivity contribution in [2.45, 2.75) is 18.9 Å². The number of amides is 1. The second-order valence-corrected chi connectivity index (χ2v) is 8.39. The molecule has 1 aliphatic rings. The van der Waals surface area contributed by atoms with Gasteiger partial charge in [0, 0.05) is 13.1 Å². The van der Waals surface area contributed by atoms with E-state index in [2.05, 4.69) is 34.5 Å². The Morgan fingerprint density at radius 1 is 0.941 bits per heavy atom. The normalized spacial score (nSPS) is 15.3. The van der Waals surface area contributed by atoms with Gasteiger partial charge in [-0.05, 0) is 59.4 Å². The van der Waals surface area contributed by atoms with Crippen LogP contribution in [-0.4, -0.2) is 51.8 Å². The molecule has 0 saturated heterocycles. The van der Waals surface area contributed by atoms with Gasteiger partial charge in [-0.2, -0.15) is 0 Å². The number of rotatable bonds is 9. The highest BCUT2D eigenvalue weighted by Gasteiger charge is 2.31. The fourth-order valence-corrected chi connectivity index (χ4v) is 4.57. The fourth-order valence-electron chi connectivity index (χ4n) is 4.57. The predicted molar refractivity (Wildman–Crippen MR) is 133 cm³/mol. The molecule has 1 aliphatic heterocycles. The van der Waals surface area contributed by atoms with Crippen molar-refractivity contribution in [3.05, 3.63) is 89.0 Å². The van der Waals surface area contributed by atoms with E-state index in [1.54, 1.807) is 21.3 Å².